The minimum atomic E-state index is -0.310. The van der Waals surface area contributed by atoms with E-state index >= 15 is 0 Å². The van der Waals surface area contributed by atoms with Gasteiger partial charge in [-0.05, 0) is 43.9 Å². The first-order valence-electron chi connectivity index (χ1n) is 6.83. The summed E-state index contributed by atoms with van der Waals surface area (Å²) in [4.78, 5) is 23.5. The molecule has 1 atom stereocenters. The van der Waals surface area contributed by atoms with Gasteiger partial charge in [-0.1, -0.05) is 24.3 Å². The molecule has 0 saturated heterocycles. The first-order chi connectivity index (χ1) is 9.65. The summed E-state index contributed by atoms with van der Waals surface area (Å²) in [5.74, 6) is -0.698. The summed E-state index contributed by atoms with van der Waals surface area (Å²) in [6, 6.07) is 7.49. The Balaban J connectivity index is 1.77. The van der Waals surface area contributed by atoms with Gasteiger partial charge in [0, 0.05) is 5.69 Å². The molecule has 106 valence electrons. The van der Waals surface area contributed by atoms with Crippen molar-refractivity contribution in [1.29, 1.82) is 0 Å². The van der Waals surface area contributed by atoms with Gasteiger partial charge < -0.3 is 10.1 Å². The number of esters is 1. The lowest BCUT2D eigenvalue weighted by atomic mass is 9.95. The maximum atomic E-state index is 11.8. The van der Waals surface area contributed by atoms with Gasteiger partial charge in [-0.3, -0.25) is 9.59 Å². The van der Waals surface area contributed by atoms with Crippen molar-refractivity contribution in [2.45, 2.75) is 26.2 Å². The molecule has 0 heterocycles. The van der Waals surface area contributed by atoms with Crippen LogP contribution in [0.15, 0.2) is 36.4 Å². The molecule has 0 unspecified atom stereocenters. The zero-order valence-corrected chi connectivity index (χ0v) is 11.6. The standard InChI is InChI=1S/C16H19NO3/c1-12-6-5-9-14(10-12)17-15(18)11-20-16(19)13-7-3-2-4-8-13/h2-3,5-6,9-10,13H,4,7-8,11H2,1H3,(H,17,18)/t13-/m1/s1. The summed E-state index contributed by atoms with van der Waals surface area (Å²) in [6.45, 7) is 1.72. The fourth-order valence-corrected chi connectivity index (χ4v) is 2.18. The number of amides is 1. The Morgan fingerprint density at radius 2 is 2.20 bits per heavy atom. The average molecular weight is 273 g/mol. The molecule has 0 saturated carbocycles. The summed E-state index contributed by atoms with van der Waals surface area (Å²) in [5, 5.41) is 2.71. The molecule has 1 amide bonds. The quantitative estimate of drug-likeness (QED) is 0.678. The van der Waals surface area contributed by atoms with E-state index in [1.54, 1.807) is 6.07 Å². The minimum Gasteiger partial charge on any atom is -0.455 e. The molecule has 0 bridgehead atoms. The molecule has 1 N–H and O–H groups in total. The largest absolute Gasteiger partial charge is 0.455 e. The lowest BCUT2D eigenvalue weighted by Gasteiger charge is -2.16. The topological polar surface area (TPSA) is 55.4 Å². The molecule has 0 spiro atoms. The van der Waals surface area contributed by atoms with Crippen molar-refractivity contribution in [2.24, 2.45) is 5.92 Å². The Morgan fingerprint density at radius 1 is 1.35 bits per heavy atom. The van der Waals surface area contributed by atoms with Crippen molar-refractivity contribution in [3.8, 4) is 0 Å². The van der Waals surface area contributed by atoms with Crippen LogP contribution >= 0.6 is 0 Å². The number of carbonyl (C=O) groups excluding carboxylic acids is 2. The number of hydrogen-bond acceptors (Lipinski definition) is 3. The second-order valence-corrected chi connectivity index (χ2v) is 5.01. The summed E-state index contributed by atoms with van der Waals surface area (Å²) >= 11 is 0. The minimum absolute atomic E-state index is 0.105. The molecule has 0 radical (unpaired) electrons. The van der Waals surface area contributed by atoms with Crippen molar-refractivity contribution in [2.75, 3.05) is 11.9 Å². The average Bonchev–Trinajstić information content (AvgIpc) is 2.46. The first-order valence-corrected chi connectivity index (χ1v) is 6.83. The predicted molar refractivity (Wildman–Crippen MR) is 77.2 cm³/mol. The maximum Gasteiger partial charge on any atom is 0.309 e. The van der Waals surface area contributed by atoms with E-state index in [2.05, 4.69) is 11.4 Å². The van der Waals surface area contributed by atoms with Crippen LogP contribution in [0.4, 0.5) is 5.69 Å². The van der Waals surface area contributed by atoms with Crippen molar-refractivity contribution in [3.05, 3.63) is 42.0 Å². The smallest absolute Gasteiger partial charge is 0.309 e. The normalized spacial score (nSPS) is 17.6. The number of benzene rings is 1. The molecule has 0 aliphatic heterocycles. The predicted octanol–water partition coefficient (Wildman–Crippen LogP) is 2.83. The Bertz CT molecular complexity index is 522. The molecule has 1 aromatic carbocycles. The molecule has 20 heavy (non-hydrogen) atoms. The van der Waals surface area contributed by atoms with Gasteiger partial charge in [0.1, 0.15) is 0 Å². The van der Waals surface area contributed by atoms with Crippen LogP contribution in [-0.2, 0) is 14.3 Å². The Morgan fingerprint density at radius 3 is 2.90 bits per heavy atom. The number of nitrogens with one attached hydrogen (secondary N) is 1. The summed E-state index contributed by atoms with van der Waals surface area (Å²) in [6.07, 6.45) is 6.46. The molecule has 4 heteroatoms. The van der Waals surface area contributed by atoms with Crippen molar-refractivity contribution in [3.63, 3.8) is 0 Å². The van der Waals surface area contributed by atoms with Crippen molar-refractivity contribution in [1.82, 2.24) is 0 Å². The van der Waals surface area contributed by atoms with E-state index in [1.165, 1.54) is 0 Å². The zero-order valence-electron chi connectivity index (χ0n) is 11.6. The lowest BCUT2D eigenvalue weighted by Crippen LogP contribution is -2.25. The summed E-state index contributed by atoms with van der Waals surface area (Å²) in [5.41, 5.74) is 1.78. The van der Waals surface area contributed by atoms with E-state index in [0.29, 0.717) is 12.1 Å². The highest BCUT2D eigenvalue weighted by molar-refractivity contribution is 5.93. The van der Waals surface area contributed by atoms with Gasteiger partial charge in [-0.2, -0.15) is 0 Å². The highest BCUT2D eigenvalue weighted by atomic mass is 16.5. The number of ether oxygens (including phenoxy) is 1. The zero-order chi connectivity index (χ0) is 14.4. The molecule has 4 nitrogen and oxygen atoms in total. The van der Waals surface area contributed by atoms with Gasteiger partial charge in [0.05, 0.1) is 5.92 Å². The first kappa shape index (κ1) is 14.3. The van der Waals surface area contributed by atoms with E-state index in [1.807, 2.05) is 31.2 Å². The molecule has 1 aromatic rings. The Hall–Kier alpha value is -2.10. The van der Waals surface area contributed by atoms with Crippen LogP contribution in [-0.4, -0.2) is 18.5 Å². The Kier molecular flexibility index (Phi) is 4.93. The van der Waals surface area contributed by atoms with Crippen LogP contribution in [0.1, 0.15) is 24.8 Å². The molecule has 1 aliphatic rings. The van der Waals surface area contributed by atoms with E-state index < -0.39 is 0 Å². The SMILES string of the molecule is Cc1cccc(NC(=O)COC(=O)[C@@H]2CC=CCC2)c1. The maximum absolute atomic E-state index is 11.8. The van der Waals surface area contributed by atoms with Gasteiger partial charge in [0.15, 0.2) is 6.61 Å². The fourth-order valence-electron chi connectivity index (χ4n) is 2.18. The van der Waals surface area contributed by atoms with E-state index in [9.17, 15) is 9.59 Å². The van der Waals surface area contributed by atoms with E-state index in [0.717, 1.165) is 18.4 Å². The van der Waals surface area contributed by atoms with Crippen LogP contribution in [0.2, 0.25) is 0 Å². The highest BCUT2D eigenvalue weighted by Crippen LogP contribution is 2.19. The monoisotopic (exact) mass is 273 g/mol. The van der Waals surface area contributed by atoms with Crippen LogP contribution in [0.5, 0.6) is 0 Å². The summed E-state index contributed by atoms with van der Waals surface area (Å²) < 4.78 is 5.06. The molecular weight excluding hydrogens is 254 g/mol. The lowest BCUT2D eigenvalue weighted by molar-refractivity contribution is -0.151. The number of allylic oxidation sites excluding steroid dienone is 2. The number of aryl methyl sites for hydroxylation is 1. The third-order valence-corrected chi connectivity index (χ3v) is 3.25. The second-order valence-electron chi connectivity index (χ2n) is 5.01. The molecule has 1 aliphatic carbocycles. The van der Waals surface area contributed by atoms with Crippen LogP contribution < -0.4 is 5.32 Å². The fraction of sp³-hybridized carbons (Fsp3) is 0.375. The summed E-state index contributed by atoms with van der Waals surface area (Å²) in [7, 11) is 0. The number of rotatable bonds is 4. The van der Waals surface area contributed by atoms with Gasteiger partial charge in [-0.15, -0.1) is 0 Å². The second kappa shape index (κ2) is 6.89. The van der Waals surface area contributed by atoms with E-state index in [4.69, 9.17) is 4.74 Å². The van der Waals surface area contributed by atoms with Gasteiger partial charge in [-0.25, -0.2) is 0 Å². The molecule has 2 rings (SSSR count). The van der Waals surface area contributed by atoms with Crippen LogP contribution in [0, 0.1) is 12.8 Å². The van der Waals surface area contributed by atoms with Gasteiger partial charge in [0.25, 0.3) is 5.91 Å². The van der Waals surface area contributed by atoms with E-state index in [-0.39, 0.29) is 24.4 Å². The molecule has 0 fully saturated rings. The van der Waals surface area contributed by atoms with Crippen LogP contribution in [0.25, 0.3) is 0 Å². The van der Waals surface area contributed by atoms with Gasteiger partial charge in [0.2, 0.25) is 0 Å². The number of carbonyl (C=O) groups is 2. The van der Waals surface area contributed by atoms with Crippen LogP contribution in [0.3, 0.4) is 0 Å². The van der Waals surface area contributed by atoms with Crippen molar-refractivity contribution < 1.29 is 14.3 Å². The molecule has 0 aromatic heterocycles. The van der Waals surface area contributed by atoms with Gasteiger partial charge >= 0.3 is 5.97 Å². The third-order valence-electron chi connectivity index (χ3n) is 3.25. The molecular formula is C16H19NO3. The Labute approximate surface area is 118 Å². The number of anilines is 1. The highest BCUT2D eigenvalue weighted by Gasteiger charge is 2.20. The van der Waals surface area contributed by atoms with Crippen molar-refractivity contribution >= 4 is 17.6 Å². The number of hydrogen-bond donors (Lipinski definition) is 1. The third kappa shape index (κ3) is 4.23.